The summed E-state index contributed by atoms with van der Waals surface area (Å²) in [6, 6.07) is 7.44. The zero-order valence-corrected chi connectivity index (χ0v) is 12.8. The van der Waals surface area contributed by atoms with Gasteiger partial charge in [0.05, 0.1) is 5.25 Å². The maximum Gasteiger partial charge on any atom is 0.230 e. The summed E-state index contributed by atoms with van der Waals surface area (Å²) in [5.74, 6) is 0.360. The van der Waals surface area contributed by atoms with Gasteiger partial charge in [-0.1, -0.05) is 35.5 Å². The molecule has 1 aromatic heterocycles. The number of carbonyl (C=O) groups is 1. The van der Waals surface area contributed by atoms with Gasteiger partial charge in [0.15, 0.2) is 11.0 Å². The Kier molecular flexibility index (Phi) is 4.67. The highest BCUT2D eigenvalue weighted by molar-refractivity contribution is 8.00. The molecule has 0 spiro atoms. The zero-order valence-electron chi connectivity index (χ0n) is 11.2. The Morgan fingerprint density at radius 1 is 1.50 bits per heavy atom. The van der Waals surface area contributed by atoms with E-state index in [0.717, 1.165) is 11.4 Å². The monoisotopic (exact) mass is 310 g/mol. The average molecular weight is 311 g/mol. The van der Waals surface area contributed by atoms with Crippen LogP contribution >= 0.6 is 23.4 Å². The van der Waals surface area contributed by atoms with Gasteiger partial charge in [0.2, 0.25) is 5.91 Å². The minimum absolute atomic E-state index is 0.350. The molecule has 0 saturated heterocycles. The second kappa shape index (κ2) is 6.28. The van der Waals surface area contributed by atoms with E-state index in [4.69, 9.17) is 17.3 Å². The second-order valence-electron chi connectivity index (χ2n) is 4.22. The van der Waals surface area contributed by atoms with E-state index in [9.17, 15) is 4.79 Å². The van der Waals surface area contributed by atoms with Crippen LogP contribution in [-0.4, -0.2) is 25.9 Å². The van der Waals surface area contributed by atoms with Gasteiger partial charge in [-0.2, -0.15) is 0 Å². The Morgan fingerprint density at radius 2 is 2.25 bits per heavy atom. The summed E-state index contributed by atoms with van der Waals surface area (Å²) in [4.78, 5) is 11.2. The lowest BCUT2D eigenvalue weighted by Crippen LogP contribution is -2.23. The Labute approximate surface area is 126 Å². The fraction of sp³-hybridized carbons (Fsp3) is 0.308. The lowest BCUT2D eigenvalue weighted by Gasteiger charge is -2.09. The van der Waals surface area contributed by atoms with Crippen molar-refractivity contribution in [2.75, 3.05) is 0 Å². The number of carbonyl (C=O) groups excluding carboxylic acids is 1. The number of hydrogen-bond acceptors (Lipinski definition) is 4. The van der Waals surface area contributed by atoms with Gasteiger partial charge in [0, 0.05) is 17.1 Å². The number of thioether (sulfide) groups is 1. The molecule has 0 aliphatic heterocycles. The van der Waals surface area contributed by atoms with Gasteiger partial charge in [-0.25, -0.2) is 0 Å². The first-order chi connectivity index (χ1) is 9.52. The van der Waals surface area contributed by atoms with E-state index in [2.05, 4.69) is 10.2 Å². The van der Waals surface area contributed by atoms with E-state index in [-0.39, 0.29) is 11.2 Å². The molecule has 7 heteroatoms. The molecule has 0 bridgehead atoms. The van der Waals surface area contributed by atoms with Crippen LogP contribution in [0.3, 0.4) is 0 Å². The number of benzene rings is 1. The minimum atomic E-state index is -0.370. The Balaban J connectivity index is 2.37. The largest absolute Gasteiger partial charge is 0.369 e. The molecule has 0 aliphatic carbocycles. The van der Waals surface area contributed by atoms with Crippen LogP contribution in [-0.2, 0) is 11.3 Å². The zero-order chi connectivity index (χ0) is 14.7. The standard InChI is InChI=1S/C13H15ClN4OS/c1-3-18-12(9-5-4-6-10(14)7-9)16-17-13(18)20-8(2)11(15)19/h4-8H,3H2,1-2H3,(H2,15,19). The molecule has 0 aliphatic rings. The maximum atomic E-state index is 11.2. The highest BCUT2D eigenvalue weighted by Crippen LogP contribution is 2.27. The fourth-order valence-electron chi connectivity index (χ4n) is 1.72. The van der Waals surface area contributed by atoms with E-state index >= 15 is 0 Å². The molecule has 0 radical (unpaired) electrons. The van der Waals surface area contributed by atoms with Gasteiger partial charge in [-0.3, -0.25) is 4.79 Å². The van der Waals surface area contributed by atoms with E-state index in [1.54, 1.807) is 6.92 Å². The lowest BCUT2D eigenvalue weighted by atomic mass is 10.2. The van der Waals surface area contributed by atoms with Crippen LogP contribution in [0.15, 0.2) is 29.4 Å². The van der Waals surface area contributed by atoms with Crippen LogP contribution in [0.1, 0.15) is 13.8 Å². The van der Waals surface area contributed by atoms with E-state index in [1.807, 2.05) is 35.8 Å². The highest BCUT2D eigenvalue weighted by atomic mass is 35.5. The summed E-state index contributed by atoms with van der Waals surface area (Å²) < 4.78 is 1.94. The van der Waals surface area contributed by atoms with Crippen molar-refractivity contribution < 1.29 is 4.79 Å². The molecule has 5 nitrogen and oxygen atoms in total. The van der Waals surface area contributed by atoms with E-state index in [1.165, 1.54) is 11.8 Å². The highest BCUT2D eigenvalue weighted by Gasteiger charge is 2.18. The van der Waals surface area contributed by atoms with Crippen molar-refractivity contribution in [2.45, 2.75) is 30.8 Å². The summed E-state index contributed by atoms with van der Waals surface area (Å²) in [6.45, 7) is 4.44. The number of primary amides is 1. The third-order valence-electron chi connectivity index (χ3n) is 2.80. The number of nitrogens with two attached hydrogens (primary N) is 1. The first kappa shape index (κ1) is 14.9. The van der Waals surface area contributed by atoms with Crippen LogP contribution in [0.5, 0.6) is 0 Å². The van der Waals surface area contributed by atoms with Crippen molar-refractivity contribution in [3.8, 4) is 11.4 Å². The summed E-state index contributed by atoms with van der Waals surface area (Å²) in [6.07, 6.45) is 0. The minimum Gasteiger partial charge on any atom is -0.369 e. The molecule has 1 amide bonds. The average Bonchev–Trinajstić information content (AvgIpc) is 2.81. The summed E-state index contributed by atoms with van der Waals surface area (Å²) in [7, 11) is 0. The van der Waals surface area contributed by atoms with E-state index in [0.29, 0.717) is 16.7 Å². The summed E-state index contributed by atoms with van der Waals surface area (Å²) in [5.41, 5.74) is 6.17. The van der Waals surface area contributed by atoms with Gasteiger partial charge in [-0.15, -0.1) is 10.2 Å². The van der Waals surface area contributed by atoms with Crippen LogP contribution in [0.4, 0.5) is 0 Å². The smallest absolute Gasteiger partial charge is 0.230 e. The topological polar surface area (TPSA) is 73.8 Å². The van der Waals surface area contributed by atoms with Crippen molar-refractivity contribution in [2.24, 2.45) is 5.73 Å². The predicted molar refractivity (Wildman–Crippen MR) is 80.7 cm³/mol. The lowest BCUT2D eigenvalue weighted by molar-refractivity contribution is -0.117. The van der Waals surface area contributed by atoms with Crippen molar-refractivity contribution in [1.82, 2.24) is 14.8 Å². The molecule has 106 valence electrons. The molecule has 20 heavy (non-hydrogen) atoms. The molecule has 2 N–H and O–H groups in total. The first-order valence-electron chi connectivity index (χ1n) is 6.18. The van der Waals surface area contributed by atoms with Crippen LogP contribution in [0.25, 0.3) is 11.4 Å². The predicted octanol–water partition coefficient (Wildman–Crippen LogP) is 2.58. The summed E-state index contributed by atoms with van der Waals surface area (Å²) in [5, 5.41) is 9.30. The van der Waals surface area contributed by atoms with Gasteiger partial charge in [0.25, 0.3) is 0 Å². The number of nitrogens with zero attached hydrogens (tertiary/aromatic N) is 3. The Hall–Kier alpha value is -1.53. The van der Waals surface area contributed by atoms with Gasteiger partial charge in [0.1, 0.15) is 0 Å². The number of amides is 1. The molecule has 0 saturated carbocycles. The number of hydrogen-bond donors (Lipinski definition) is 1. The third-order valence-corrected chi connectivity index (χ3v) is 4.13. The van der Waals surface area contributed by atoms with Crippen molar-refractivity contribution in [3.63, 3.8) is 0 Å². The SMILES string of the molecule is CCn1c(SC(C)C(N)=O)nnc1-c1cccc(Cl)c1. The van der Waals surface area contributed by atoms with Gasteiger partial charge < -0.3 is 10.3 Å². The van der Waals surface area contributed by atoms with Crippen LogP contribution < -0.4 is 5.73 Å². The molecular weight excluding hydrogens is 296 g/mol. The Morgan fingerprint density at radius 3 is 2.85 bits per heavy atom. The molecule has 1 atom stereocenters. The van der Waals surface area contributed by atoms with Crippen LogP contribution in [0, 0.1) is 0 Å². The quantitative estimate of drug-likeness (QED) is 0.861. The molecule has 1 aromatic carbocycles. The van der Waals surface area contributed by atoms with Crippen LogP contribution in [0.2, 0.25) is 5.02 Å². The van der Waals surface area contributed by atoms with Crippen molar-refractivity contribution >= 4 is 29.3 Å². The van der Waals surface area contributed by atoms with E-state index < -0.39 is 0 Å². The third kappa shape index (κ3) is 3.13. The van der Waals surface area contributed by atoms with Gasteiger partial charge >= 0.3 is 0 Å². The molecule has 0 fully saturated rings. The fourth-order valence-corrected chi connectivity index (χ4v) is 2.77. The molecule has 1 unspecified atom stereocenters. The first-order valence-corrected chi connectivity index (χ1v) is 7.43. The summed E-state index contributed by atoms with van der Waals surface area (Å²) >= 11 is 7.30. The molecular formula is C13H15ClN4OS. The molecule has 1 heterocycles. The number of halogens is 1. The van der Waals surface area contributed by atoms with Crippen molar-refractivity contribution in [1.29, 1.82) is 0 Å². The normalized spacial score (nSPS) is 12.3. The number of aromatic nitrogens is 3. The van der Waals surface area contributed by atoms with Crippen molar-refractivity contribution in [3.05, 3.63) is 29.3 Å². The maximum absolute atomic E-state index is 11.2. The Bertz CT molecular complexity index is 629. The molecule has 2 rings (SSSR count). The second-order valence-corrected chi connectivity index (χ2v) is 5.97. The van der Waals surface area contributed by atoms with Gasteiger partial charge in [-0.05, 0) is 26.0 Å². The number of rotatable bonds is 5. The molecule has 2 aromatic rings.